The molecule has 1 saturated heterocycles. The van der Waals surface area contributed by atoms with Crippen molar-refractivity contribution in [3.05, 3.63) is 66.0 Å². The van der Waals surface area contributed by atoms with E-state index in [1.165, 1.54) is 25.4 Å². The van der Waals surface area contributed by atoms with Crippen molar-refractivity contribution < 1.29 is 30.8 Å². The predicted octanol–water partition coefficient (Wildman–Crippen LogP) is 3.44. The van der Waals surface area contributed by atoms with Gasteiger partial charge in [0.25, 0.3) is 10.0 Å². The zero-order valence-corrected chi connectivity index (χ0v) is 20.5. The lowest BCUT2D eigenvalue weighted by Gasteiger charge is -2.22. The normalized spacial score (nSPS) is 17.2. The fraction of sp³-hybridized carbons (Fsp3) is 0.292. The zero-order chi connectivity index (χ0) is 26.8. The summed E-state index contributed by atoms with van der Waals surface area (Å²) in [6, 6.07) is 10.4. The number of furan rings is 1. The summed E-state index contributed by atoms with van der Waals surface area (Å²) in [4.78, 5) is 17.0. The molecular weight excluding hydrogens is 511 g/mol. The Morgan fingerprint density at radius 1 is 1.27 bits per heavy atom. The highest BCUT2D eigenvalue weighted by atomic mass is 32.2. The van der Waals surface area contributed by atoms with Gasteiger partial charge in [0, 0.05) is 37.8 Å². The Bertz CT molecular complexity index is 1430. The minimum atomic E-state index is -4.80. The summed E-state index contributed by atoms with van der Waals surface area (Å²) in [6.45, 7) is 0.162. The van der Waals surface area contributed by atoms with E-state index in [-0.39, 0.29) is 29.6 Å². The van der Waals surface area contributed by atoms with Crippen LogP contribution in [0.5, 0.6) is 0 Å². The van der Waals surface area contributed by atoms with Gasteiger partial charge in [-0.05, 0) is 42.7 Å². The molecule has 0 bridgehead atoms. The van der Waals surface area contributed by atoms with Crippen LogP contribution >= 0.6 is 0 Å². The van der Waals surface area contributed by atoms with Gasteiger partial charge in [0.15, 0.2) is 0 Å². The second kappa shape index (κ2) is 10.3. The first kappa shape index (κ1) is 26.4. The van der Waals surface area contributed by atoms with Crippen molar-refractivity contribution in [2.75, 3.05) is 13.6 Å². The van der Waals surface area contributed by atoms with Gasteiger partial charge in [-0.3, -0.25) is 15.2 Å². The van der Waals surface area contributed by atoms with Gasteiger partial charge in [0.05, 0.1) is 11.4 Å². The number of carbonyl (C=O) groups excluding carboxylic acids is 1. The third-order valence-corrected chi connectivity index (χ3v) is 7.67. The van der Waals surface area contributed by atoms with E-state index in [9.17, 15) is 26.4 Å². The third-order valence-electron chi connectivity index (χ3n) is 5.90. The van der Waals surface area contributed by atoms with Crippen molar-refractivity contribution >= 4 is 38.3 Å². The minimum absolute atomic E-state index is 0.00289. The number of amides is 1. The van der Waals surface area contributed by atoms with Gasteiger partial charge in [-0.1, -0.05) is 18.2 Å². The van der Waals surface area contributed by atoms with E-state index in [0.717, 1.165) is 4.31 Å². The van der Waals surface area contributed by atoms with Gasteiger partial charge in [-0.25, -0.2) is 8.42 Å². The molecule has 0 spiro atoms. The Morgan fingerprint density at radius 2 is 2.03 bits per heavy atom. The van der Waals surface area contributed by atoms with Gasteiger partial charge >= 0.3 is 6.18 Å². The minimum Gasteiger partial charge on any atom is -0.443 e. The number of nitrogens with zero attached hydrogens (tertiary/aromatic N) is 2. The fourth-order valence-electron chi connectivity index (χ4n) is 4.03. The first-order chi connectivity index (χ1) is 17.5. The summed E-state index contributed by atoms with van der Waals surface area (Å²) in [5.74, 6) is -0.501. The summed E-state index contributed by atoms with van der Waals surface area (Å²) in [6.07, 6.45) is -1.97. The molecule has 1 aliphatic heterocycles. The van der Waals surface area contributed by atoms with Crippen LogP contribution in [0, 0.1) is 5.41 Å². The molecule has 3 heterocycles. The van der Waals surface area contributed by atoms with E-state index < -0.39 is 33.9 Å². The number of hydrogen-bond donors (Lipinski definition) is 3. The van der Waals surface area contributed by atoms with Crippen molar-refractivity contribution in [1.29, 1.82) is 5.41 Å². The number of alkyl halides is 3. The lowest BCUT2D eigenvalue weighted by Crippen LogP contribution is -2.45. The number of benzene rings is 1. The van der Waals surface area contributed by atoms with Gasteiger partial charge in [0.2, 0.25) is 11.0 Å². The Labute approximate surface area is 210 Å². The molecule has 0 radical (unpaired) electrons. The maximum atomic E-state index is 13.2. The van der Waals surface area contributed by atoms with Crippen molar-refractivity contribution in [3.8, 4) is 0 Å². The van der Waals surface area contributed by atoms with Crippen LogP contribution in [0.15, 0.2) is 64.2 Å². The molecule has 13 heteroatoms. The number of aromatic nitrogens is 1. The molecule has 1 fully saturated rings. The van der Waals surface area contributed by atoms with Crippen molar-refractivity contribution in [1.82, 2.24) is 19.9 Å². The van der Waals surface area contributed by atoms with Crippen molar-refractivity contribution in [3.63, 3.8) is 0 Å². The molecule has 1 atom stereocenters. The number of pyridine rings is 1. The van der Waals surface area contributed by atoms with E-state index in [2.05, 4.69) is 15.6 Å². The monoisotopic (exact) mass is 535 g/mol. The Kier molecular flexibility index (Phi) is 7.37. The number of nitrogens with one attached hydrogen (secondary N) is 3. The average molecular weight is 536 g/mol. The van der Waals surface area contributed by atoms with E-state index in [1.54, 1.807) is 30.3 Å². The van der Waals surface area contributed by atoms with Gasteiger partial charge < -0.3 is 15.1 Å². The van der Waals surface area contributed by atoms with Crippen LogP contribution in [0.3, 0.4) is 0 Å². The number of para-hydroxylation sites is 1. The van der Waals surface area contributed by atoms with E-state index in [1.807, 2.05) is 0 Å². The smallest absolute Gasteiger partial charge is 0.432 e. The van der Waals surface area contributed by atoms with E-state index >= 15 is 0 Å². The second-order valence-corrected chi connectivity index (χ2v) is 10.2. The second-order valence-electron chi connectivity index (χ2n) is 8.36. The van der Waals surface area contributed by atoms with Crippen molar-refractivity contribution in [2.24, 2.45) is 0 Å². The van der Waals surface area contributed by atoms with Crippen LogP contribution in [0.4, 0.5) is 13.2 Å². The van der Waals surface area contributed by atoms with Crippen molar-refractivity contribution in [2.45, 2.75) is 36.7 Å². The Hall–Kier alpha value is -3.71. The molecule has 3 aromatic rings. The molecule has 0 saturated carbocycles. The zero-order valence-electron chi connectivity index (χ0n) is 19.7. The van der Waals surface area contributed by atoms with Gasteiger partial charge in [-0.2, -0.15) is 17.5 Å². The van der Waals surface area contributed by atoms with Crippen LogP contribution in [-0.2, 0) is 21.4 Å². The molecule has 2 aromatic heterocycles. The molecule has 9 nitrogen and oxygen atoms in total. The summed E-state index contributed by atoms with van der Waals surface area (Å²) >= 11 is 0. The highest BCUT2D eigenvalue weighted by molar-refractivity contribution is 7.89. The molecule has 37 heavy (non-hydrogen) atoms. The molecule has 196 valence electrons. The summed E-state index contributed by atoms with van der Waals surface area (Å²) in [7, 11) is -2.65. The standard InChI is InChI=1S/C24H24F3N5O4S/c1-29-17(13-21(28)24(25,26)27)18-11-15(8-9-30-18)14-31-23(33)19-6-4-10-32(19)37(34,35)22-12-16-5-2-3-7-20(16)36-22/h2-3,5,7-9,11-13,19,28-29H,4,6,10,14H2,1H3,(H,31,33)/b17-13-,28-21?/t19-/m0/s1. The molecule has 1 amide bonds. The largest absolute Gasteiger partial charge is 0.443 e. The van der Waals surface area contributed by atoms with E-state index in [0.29, 0.717) is 35.5 Å². The maximum Gasteiger partial charge on any atom is 0.432 e. The number of halogens is 3. The summed E-state index contributed by atoms with van der Waals surface area (Å²) in [5.41, 5.74) is -0.449. The number of hydrogen-bond acceptors (Lipinski definition) is 7. The van der Waals surface area contributed by atoms with Crippen LogP contribution in [0.2, 0.25) is 0 Å². The maximum absolute atomic E-state index is 13.2. The lowest BCUT2D eigenvalue weighted by atomic mass is 10.1. The topological polar surface area (TPSA) is 128 Å². The molecule has 1 aromatic carbocycles. The molecule has 0 aliphatic carbocycles. The van der Waals surface area contributed by atoms with Crippen LogP contribution in [-0.4, -0.2) is 55.1 Å². The van der Waals surface area contributed by atoms with Gasteiger partial charge in [-0.15, -0.1) is 0 Å². The molecule has 3 N–H and O–H groups in total. The Balaban J connectivity index is 1.47. The first-order valence-electron chi connectivity index (χ1n) is 11.3. The van der Waals surface area contributed by atoms with Crippen LogP contribution < -0.4 is 10.6 Å². The van der Waals surface area contributed by atoms with Gasteiger partial charge in [0.1, 0.15) is 17.3 Å². The van der Waals surface area contributed by atoms with E-state index in [4.69, 9.17) is 9.83 Å². The third kappa shape index (κ3) is 5.67. The molecule has 4 rings (SSSR count). The first-order valence-corrected chi connectivity index (χ1v) is 12.7. The average Bonchev–Trinajstić information content (AvgIpc) is 3.53. The fourth-order valence-corrected chi connectivity index (χ4v) is 5.64. The molecule has 0 unspecified atom stereocenters. The quantitative estimate of drug-likeness (QED) is 0.379. The highest BCUT2D eigenvalue weighted by Gasteiger charge is 2.41. The summed E-state index contributed by atoms with van der Waals surface area (Å²) < 4.78 is 71.4. The molecular formula is C24H24F3N5O4S. The number of rotatable bonds is 8. The molecule has 1 aliphatic rings. The lowest BCUT2D eigenvalue weighted by molar-refractivity contribution is -0.124. The number of sulfonamides is 1. The Morgan fingerprint density at radius 3 is 2.73 bits per heavy atom. The number of fused-ring (bicyclic) bond motifs is 1. The van der Waals surface area contributed by atoms with Crippen LogP contribution in [0.25, 0.3) is 16.7 Å². The number of carbonyl (C=O) groups is 1. The summed E-state index contributed by atoms with van der Waals surface area (Å²) in [5, 5.41) is 12.9. The predicted molar refractivity (Wildman–Crippen MR) is 130 cm³/mol. The highest BCUT2D eigenvalue weighted by Crippen LogP contribution is 2.30. The number of allylic oxidation sites excluding steroid dienone is 1. The SMILES string of the molecule is CN/C(=C\C(=N)C(F)(F)F)c1cc(CNC(=O)[C@@H]2CCCN2S(=O)(=O)c2cc3ccccc3o2)ccn1. The van der Waals surface area contributed by atoms with Crippen LogP contribution in [0.1, 0.15) is 24.1 Å².